The van der Waals surface area contributed by atoms with Crippen LogP contribution < -0.4 is 5.32 Å². The molecule has 20 heavy (non-hydrogen) atoms. The number of ether oxygens (including phenoxy) is 1. The minimum absolute atomic E-state index is 0.338. The summed E-state index contributed by atoms with van der Waals surface area (Å²) in [5, 5.41) is 3.79. The molecule has 0 bridgehead atoms. The van der Waals surface area contributed by atoms with Crippen LogP contribution in [0, 0.1) is 11.3 Å². The first kappa shape index (κ1) is 12.8. The maximum atomic E-state index is 6.18. The SMILES string of the molecule is c1ccc(CC2(CNC3CC3)CCOC2C2CC2)cc1. The van der Waals surface area contributed by atoms with Gasteiger partial charge in [-0.3, -0.25) is 0 Å². The molecule has 3 fully saturated rings. The Morgan fingerprint density at radius 3 is 2.60 bits per heavy atom. The summed E-state index contributed by atoms with van der Waals surface area (Å²) in [5.74, 6) is 0.835. The average Bonchev–Trinajstić information content (AvgIpc) is 3.39. The van der Waals surface area contributed by atoms with Crippen LogP contribution in [0.2, 0.25) is 0 Å². The molecule has 1 saturated heterocycles. The van der Waals surface area contributed by atoms with E-state index in [0.717, 1.165) is 25.1 Å². The van der Waals surface area contributed by atoms with Crippen molar-refractivity contribution in [2.45, 2.75) is 50.7 Å². The minimum Gasteiger partial charge on any atom is -0.377 e. The molecule has 2 saturated carbocycles. The van der Waals surface area contributed by atoms with Crippen molar-refractivity contribution in [1.82, 2.24) is 5.32 Å². The van der Waals surface area contributed by atoms with Crippen molar-refractivity contribution in [1.29, 1.82) is 0 Å². The van der Waals surface area contributed by atoms with Crippen molar-refractivity contribution >= 4 is 0 Å². The molecule has 0 amide bonds. The molecule has 2 heteroatoms. The fourth-order valence-electron chi connectivity index (χ4n) is 3.82. The molecule has 2 nitrogen and oxygen atoms in total. The normalized spacial score (nSPS) is 33.5. The van der Waals surface area contributed by atoms with E-state index in [-0.39, 0.29) is 0 Å². The molecular weight excluding hydrogens is 246 g/mol. The summed E-state index contributed by atoms with van der Waals surface area (Å²) in [6, 6.07) is 11.8. The van der Waals surface area contributed by atoms with Crippen LogP contribution in [0.25, 0.3) is 0 Å². The first-order valence-corrected chi connectivity index (χ1v) is 8.25. The van der Waals surface area contributed by atoms with Crippen molar-refractivity contribution in [2.75, 3.05) is 13.2 Å². The molecule has 1 aromatic carbocycles. The van der Waals surface area contributed by atoms with Crippen molar-refractivity contribution < 1.29 is 4.74 Å². The number of hydrogen-bond donors (Lipinski definition) is 1. The lowest BCUT2D eigenvalue weighted by Crippen LogP contribution is -2.44. The lowest BCUT2D eigenvalue weighted by molar-refractivity contribution is 0.0305. The van der Waals surface area contributed by atoms with Crippen molar-refractivity contribution in [3.8, 4) is 0 Å². The summed E-state index contributed by atoms with van der Waals surface area (Å²) in [6.45, 7) is 2.11. The third kappa shape index (κ3) is 2.64. The number of hydrogen-bond acceptors (Lipinski definition) is 2. The monoisotopic (exact) mass is 271 g/mol. The van der Waals surface area contributed by atoms with Crippen LogP contribution in [0.1, 0.15) is 37.7 Å². The highest BCUT2D eigenvalue weighted by atomic mass is 16.5. The van der Waals surface area contributed by atoms with Crippen LogP contribution in [0.15, 0.2) is 30.3 Å². The largest absolute Gasteiger partial charge is 0.377 e. The maximum absolute atomic E-state index is 6.18. The maximum Gasteiger partial charge on any atom is 0.0675 e. The summed E-state index contributed by atoms with van der Waals surface area (Å²) >= 11 is 0. The molecule has 2 unspecified atom stereocenters. The third-order valence-corrected chi connectivity index (χ3v) is 5.27. The third-order valence-electron chi connectivity index (χ3n) is 5.27. The zero-order valence-electron chi connectivity index (χ0n) is 12.2. The summed E-state index contributed by atoms with van der Waals surface area (Å²) in [4.78, 5) is 0. The van der Waals surface area contributed by atoms with E-state index in [1.54, 1.807) is 0 Å². The van der Waals surface area contributed by atoms with Gasteiger partial charge in [0.05, 0.1) is 6.10 Å². The summed E-state index contributed by atoms with van der Waals surface area (Å²) in [5.41, 5.74) is 1.81. The highest BCUT2D eigenvalue weighted by molar-refractivity contribution is 5.19. The Hall–Kier alpha value is -0.860. The van der Waals surface area contributed by atoms with Gasteiger partial charge in [0.15, 0.2) is 0 Å². The van der Waals surface area contributed by atoms with E-state index < -0.39 is 0 Å². The Kier molecular flexibility index (Phi) is 3.31. The average molecular weight is 271 g/mol. The van der Waals surface area contributed by atoms with Crippen LogP contribution >= 0.6 is 0 Å². The van der Waals surface area contributed by atoms with Crippen molar-refractivity contribution in [3.05, 3.63) is 35.9 Å². The highest BCUT2D eigenvalue weighted by Crippen LogP contribution is 2.49. The quantitative estimate of drug-likeness (QED) is 0.858. The second-order valence-electron chi connectivity index (χ2n) is 7.06. The number of benzene rings is 1. The predicted molar refractivity (Wildman–Crippen MR) is 80.7 cm³/mol. The predicted octanol–water partition coefficient (Wildman–Crippen LogP) is 3.17. The van der Waals surface area contributed by atoms with Crippen LogP contribution in [-0.2, 0) is 11.2 Å². The first-order valence-electron chi connectivity index (χ1n) is 8.25. The van der Waals surface area contributed by atoms with Gasteiger partial charge in [-0.2, -0.15) is 0 Å². The van der Waals surface area contributed by atoms with Gasteiger partial charge in [0.1, 0.15) is 0 Å². The Morgan fingerprint density at radius 2 is 1.90 bits per heavy atom. The van der Waals surface area contributed by atoms with Gasteiger partial charge >= 0.3 is 0 Å². The Bertz CT molecular complexity index is 452. The number of rotatable bonds is 6. The zero-order valence-corrected chi connectivity index (χ0v) is 12.2. The topological polar surface area (TPSA) is 21.3 Å². The second-order valence-corrected chi connectivity index (χ2v) is 7.06. The van der Waals surface area contributed by atoms with E-state index in [2.05, 4.69) is 35.6 Å². The fraction of sp³-hybridized carbons (Fsp3) is 0.667. The molecule has 1 N–H and O–H groups in total. The van der Waals surface area contributed by atoms with Crippen molar-refractivity contribution in [3.63, 3.8) is 0 Å². The summed E-state index contributed by atoms with van der Waals surface area (Å²) < 4.78 is 6.18. The molecule has 1 aromatic rings. The number of nitrogens with one attached hydrogen (secondary N) is 1. The molecule has 108 valence electrons. The van der Waals surface area contributed by atoms with Gasteiger partial charge < -0.3 is 10.1 Å². The van der Waals surface area contributed by atoms with Gasteiger partial charge in [0.2, 0.25) is 0 Å². The van der Waals surface area contributed by atoms with Crippen molar-refractivity contribution in [2.24, 2.45) is 11.3 Å². The molecule has 0 radical (unpaired) electrons. The van der Waals surface area contributed by atoms with E-state index in [4.69, 9.17) is 4.74 Å². The van der Waals surface area contributed by atoms with Gasteiger partial charge in [-0.25, -0.2) is 0 Å². The van der Waals surface area contributed by atoms with Crippen LogP contribution in [-0.4, -0.2) is 25.3 Å². The van der Waals surface area contributed by atoms with Crippen LogP contribution in [0.3, 0.4) is 0 Å². The van der Waals surface area contributed by atoms with Gasteiger partial charge in [-0.05, 0) is 50.0 Å². The fourth-order valence-corrected chi connectivity index (χ4v) is 3.82. The van der Waals surface area contributed by atoms with Gasteiger partial charge in [-0.15, -0.1) is 0 Å². The Labute approximate surface area is 121 Å². The van der Waals surface area contributed by atoms with E-state index in [1.165, 1.54) is 44.1 Å². The highest BCUT2D eigenvalue weighted by Gasteiger charge is 2.51. The zero-order chi connectivity index (χ0) is 13.4. The molecule has 1 heterocycles. The van der Waals surface area contributed by atoms with Gasteiger partial charge in [0, 0.05) is 24.6 Å². The van der Waals surface area contributed by atoms with E-state index in [9.17, 15) is 0 Å². The summed E-state index contributed by atoms with van der Waals surface area (Å²) in [7, 11) is 0. The smallest absolute Gasteiger partial charge is 0.0675 e. The van der Waals surface area contributed by atoms with Gasteiger partial charge in [-0.1, -0.05) is 30.3 Å². The van der Waals surface area contributed by atoms with E-state index in [1.807, 2.05) is 0 Å². The Morgan fingerprint density at radius 1 is 1.10 bits per heavy atom. The molecule has 0 aromatic heterocycles. The van der Waals surface area contributed by atoms with E-state index >= 15 is 0 Å². The second kappa shape index (κ2) is 5.16. The molecule has 1 aliphatic heterocycles. The summed E-state index contributed by atoms with van der Waals surface area (Å²) in [6.07, 6.45) is 8.40. The molecular formula is C18H25NO. The lowest BCUT2D eigenvalue weighted by Gasteiger charge is -2.35. The standard InChI is InChI=1S/C18H25NO/c1-2-4-14(5-3-1)12-18(13-19-16-8-9-16)10-11-20-17(18)15-6-7-15/h1-5,15-17,19H,6-13H2. The molecule has 3 aliphatic rings. The molecule has 4 rings (SSSR count). The van der Waals surface area contributed by atoms with Crippen LogP contribution in [0.5, 0.6) is 0 Å². The van der Waals surface area contributed by atoms with Crippen LogP contribution in [0.4, 0.5) is 0 Å². The van der Waals surface area contributed by atoms with E-state index in [0.29, 0.717) is 11.5 Å². The first-order chi connectivity index (χ1) is 9.86. The Balaban J connectivity index is 1.54. The lowest BCUT2D eigenvalue weighted by atomic mass is 9.74. The molecule has 2 aliphatic carbocycles. The minimum atomic E-state index is 0.338. The molecule has 0 spiro atoms. The van der Waals surface area contributed by atoms with Gasteiger partial charge in [0.25, 0.3) is 0 Å². The molecule has 2 atom stereocenters.